The lowest BCUT2D eigenvalue weighted by atomic mass is 10.2. The van der Waals surface area contributed by atoms with Crippen LogP contribution >= 0.6 is 15.9 Å². The zero-order valence-corrected chi connectivity index (χ0v) is 13.5. The quantitative estimate of drug-likeness (QED) is 0.784. The lowest BCUT2D eigenvalue weighted by Crippen LogP contribution is -2.40. The van der Waals surface area contributed by atoms with Crippen LogP contribution in [0.2, 0.25) is 0 Å². The Morgan fingerprint density at radius 3 is 2.55 bits per heavy atom. The molecule has 0 unspecified atom stereocenters. The molecule has 0 spiro atoms. The summed E-state index contributed by atoms with van der Waals surface area (Å²) in [5.41, 5.74) is 6.06. The van der Waals surface area contributed by atoms with Gasteiger partial charge in [-0.3, -0.25) is 0 Å². The summed E-state index contributed by atoms with van der Waals surface area (Å²) in [6.45, 7) is -0.0747. The molecule has 3 N–H and O–H groups in total. The molecule has 0 atom stereocenters. The molecule has 0 aliphatic heterocycles. The van der Waals surface area contributed by atoms with Crippen LogP contribution in [0, 0.1) is 0 Å². The maximum Gasteiger partial charge on any atom is 0.245 e. The van der Waals surface area contributed by atoms with Crippen molar-refractivity contribution in [3.63, 3.8) is 0 Å². The van der Waals surface area contributed by atoms with E-state index in [1.807, 2.05) is 0 Å². The first-order valence-electron chi connectivity index (χ1n) is 6.64. The maximum atomic E-state index is 12.8. The van der Waals surface area contributed by atoms with Gasteiger partial charge in [-0.05, 0) is 31.0 Å². The van der Waals surface area contributed by atoms with E-state index in [1.165, 1.54) is 10.4 Å². The largest absolute Gasteiger partial charge is 0.398 e. The molecule has 0 heterocycles. The van der Waals surface area contributed by atoms with Gasteiger partial charge in [-0.15, -0.1) is 0 Å². The van der Waals surface area contributed by atoms with E-state index in [0.29, 0.717) is 0 Å². The maximum absolute atomic E-state index is 12.8. The summed E-state index contributed by atoms with van der Waals surface area (Å²) in [5, 5.41) is 9.18. The summed E-state index contributed by atoms with van der Waals surface area (Å²) in [4.78, 5) is 0.112. The number of aliphatic hydroxyl groups is 1. The highest BCUT2D eigenvalue weighted by Gasteiger charge is 2.33. The number of sulfonamides is 1. The van der Waals surface area contributed by atoms with Gasteiger partial charge in [-0.1, -0.05) is 28.8 Å². The number of halogens is 1. The van der Waals surface area contributed by atoms with Gasteiger partial charge in [-0.25, -0.2) is 8.42 Å². The predicted molar refractivity (Wildman–Crippen MR) is 81.8 cm³/mol. The van der Waals surface area contributed by atoms with Crippen LogP contribution in [0.1, 0.15) is 25.7 Å². The minimum Gasteiger partial charge on any atom is -0.398 e. The number of hydrogen-bond donors (Lipinski definition) is 2. The van der Waals surface area contributed by atoms with Crippen LogP contribution in [-0.2, 0) is 10.0 Å². The molecule has 1 aliphatic rings. The van der Waals surface area contributed by atoms with Crippen LogP contribution in [-0.4, -0.2) is 37.0 Å². The van der Waals surface area contributed by atoms with E-state index in [1.54, 1.807) is 12.1 Å². The average Bonchev–Trinajstić information content (AvgIpc) is 2.88. The standard InChI is InChI=1S/C13H19BrN2O3S/c14-10-5-6-13(12(15)9-10)20(18,19)16(7-8-17)11-3-1-2-4-11/h5-6,9,11,17H,1-4,7-8,15H2. The highest BCUT2D eigenvalue weighted by atomic mass is 79.9. The van der Waals surface area contributed by atoms with Crippen molar-refractivity contribution in [1.82, 2.24) is 4.31 Å². The molecule has 0 radical (unpaired) electrons. The summed E-state index contributed by atoms with van der Waals surface area (Å²) in [7, 11) is -3.67. The SMILES string of the molecule is Nc1cc(Br)ccc1S(=O)(=O)N(CCO)C1CCCC1. The van der Waals surface area contributed by atoms with Gasteiger partial charge in [0.15, 0.2) is 0 Å². The fourth-order valence-corrected chi connectivity index (χ4v) is 4.82. The molecule has 2 rings (SSSR count). The van der Waals surface area contributed by atoms with Crippen LogP contribution in [0.15, 0.2) is 27.6 Å². The van der Waals surface area contributed by atoms with Gasteiger partial charge in [0.2, 0.25) is 10.0 Å². The van der Waals surface area contributed by atoms with E-state index < -0.39 is 10.0 Å². The Hall–Kier alpha value is -0.630. The third-order valence-electron chi connectivity index (χ3n) is 3.61. The molecule has 0 bridgehead atoms. The third kappa shape index (κ3) is 3.16. The van der Waals surface area contributed by atoms with Crippen molar-refractivity contribution in [1.29, 1.82) is 0 Å². The van der Waals surface area contributed by atoms with Crippen molar-refractivity contribution < 1.29 is 13.5 Å². The van der Waals surface area contributed by atoms with Gasteiger partial charge in [0.1, 0.15) is 4.90 Å². The van der Waals surface area contributed by atoms with Gasteiger partial charge in [0.25, 0.3) is 0 Å². The van der Waals surface area contributed by atoms with E-state index in [9.17, 15) is 13.5 Å². The van der Waals surface area contributed by atoms with Crippen molar-refractivity contribution in [3.8, 4) is 0 Å². The Labute approximate surface area is 128 Å². The smallest absolute Gasteiger partial charge is 0.245 e. The molecule has 112 valence electrons. The normalized spacial score (nSPS) is 16.9. The summed E-state index contributed by atoms with van der Waals surface area (Å²) in [5.74, 6) is 0. The molecule has 1 fully saturated rings. The minimum atomic E-state index is -3.67. The van der Waals surface area contributed by atoms with Crippen molar-refractivity contribution in [3.05, 3.63) is 22.7 Å². The van der Waals surface area contributed by atoms with Gasteiger partial charge in [0.05, 0.1) is 12.3 Å². The van der Waals surface area contributed by atoms with Crippen molar-refractivity contribution in [2.45, 2.75) is 36.6 Å². The van der Waals surface area contributed by atoms with E-state index in [4.69, 9.17) is 5.73 Å². The summed E-state index contributed by atoms with van der Waals surface area (Å²) in [6, 6.07) is 4.72. The number of rotatable bonds is 5. The van der Waals surface area contributed by atoms with Crippen LogP contribution in [0.25, 0.3) is 0 Å². The number of aliphatic hydroxyl groups excluding tert-OH is 1. The van der Waals surface area contributed by atoms with E-state index in [0.717, 1.165) is 30.2 Å². The first kappa shape index (κ1) is 15.8. The fraction of sp³-hybridized carbons (Fsp3) is 0.538. The van der Waals surface area contributed by atoms with Crippen molar-refractivity contribution >= 4 is 31.6 Å². The highest BCUT2D eigenvalue weighted by molar-refractivity contribution is 9.10. The number of nitrogens with two attached hydrogens (primary N) is 1. The zero-order valence-electron chi connectivity index (χ0n) is 11.1. The van der Waals surface area contributed by atoms with Gasteiger partial charge < -0.3 is 10.8 Å². The monoisotopic (exact) mass is 362 g/mol. The number of nitrogen functional groups attached to an aromatic ring is 1. The van der Waals surface area contributed by atoms with Crippen molar-refractivity contribution in [2.24, 2.45) is 0 Å². The number of benzene rings is 1. The van der Waals surface area contributed by atoms with E-state index in [-0.39, 0.29) is 29.8 Å². The molecule has 5 nitrogen and oxygen atoms in total. The lowest BCUT2D eigenvalue weighted by Gasteiger charge is -2.27. The van der Waals surface area contributed by atoms with Crippen LogP contribution < -0.4 is 5.73 Å². The Balaban J connectivity index is 2.39. The van der Waals surface area contributed by atoms with Crippen molar-refractivity contribution in [2.75, 3.05) is 18.9 Å². The second-order valence-electron chi connectivity index (χ2n) is 4.96. The second kappa shape index (κ2) is 6.43. The van der Waals surface area contributed by atoms with Gasteiger partial charge in [-0.2, -0.15) is 4.31 Å². The molecule has 1 aromatic carbocycles. The summed E-state index contributed by atoms with van der Waals surface area (Å²) < 4.78 is 27.7. The van der Waals surface area contributed by atoms with Gasteiger partial charge >= 0.3 is 0 Å². The minimum absolute atomic E-state index is 0.0322. The first-order valence-corrected chi connectivity index (χ1v) is 8.88. The Morgan fingerprint density at radius 2 is 2.00 bits per heavy atom. The van der Waals surface area contributed by atoms with Crippen LogP contribution in [0.4, 0.5) is 5.69 Å². The molecule has 0 amide bonds. The molecule has 1 aromatic rings. The Bertz CT molecular complexity index is 571. The molecule has 1 saturated carbocycles. The topological polar surface area (TPSA) is 83.6 Å². The average molecular weight is 363 g/mol. The van der Waals surface area contributed by atoms with Gasteiger partial charge in [0, 0.05) is 17.1 Å². The molecular formula is C13H19BrN2O3S. The number of anilines is 1. The highest BCUT2D eigenvalue weighted by Crippen LogP contribution is 2.31. The van der Waals surface area contributed by atoms with Crippen LogP contribution in [0.5, 0.6) is 0 Å². The molecular weight excluding hydrogens is 344 g/mol. The molecule has 0 aromatic heterocycles. The molecule has 20 heavy (non-hydrogen) atoms. The molecule has 7 heteroatoms. The summed E-state index contributed by atoms with van der Waals surface area (Å²) >= 11 is 3.27. The molecule has 0 saturated heterocycles. The number of hydrogen-bond acceptors (Lipinski definition) is 4. The number of nitrogens with zero attached hydrogens (tertiary/aromatic N) is 1. The van der Waals surface area contributed by atoms with E-state index >= 15 is 0 Å². The molecule has 1 aliphatic carbocycles. The Morgan fingerprint density at radius 1 is 1.35 bits per heavy atom. The van der Waals surface area contributed by atoms with E-state index in [2.05, 4.69) is 15.9 Å². The van der Waals surface area contributed by atoms with Crippen LogP contribution in [0.3, 0.4) is 0 Å². The predicted octanol–water partition coefficient (Wildman–Crippen LogP) is 1.96. The first-order chi connectivity index (χ1) is 9.46. The Kier molecular flexibility index (Phi) is 5.06. The lowest BCUT2D eigenvalue weighted by molar-refractivity contribution is 0.226. The zero-order chi connectivity index (χ0) is 14.8. The second-order valence-corrected chi connectivity index (χ2v) is 7.73. The fourth-order valence-electron chi connectivity index (χ4n) is 2.67. The third-order valence-corrected chi connectivity index (χ3v) is 6.13. The summed E-state index contributed by atoms with van der Waals surface area (Å²) in [6.07, 6.45) is 3.74.